The van der Waals surface area contributed by atoms with Gasteiger partial charge in [0, 0.05) is 38.5 Å². The molecule has 0 saturated carbocycles. The van der Waals surface area contributed by atoms with Gasteiger partial charge in [0.2, 0.25) is 5.91 Å². The summed E-state index contributed by atoms with van der Waals surface area (Å²) >= 11 is 5.91. The third kappa shape index (κ3) is 4.65. The van der Waals surface area contributed by atoms with Crippen LogP contribution in [-0.2, 0) is 4.79 Å². The van der Waals surface area contributed by atoms with E-state index in [0.717, 1.165) is 0 Å². The summed E-state index contributed by atoms with van der Waals surface area (Å²) in [5.74, 6) is 0.869. The number of hydrogen-bond donors (Lipinski definition) is 1. The fourth-order valence-corrected chi connectivity index (χ4v) is 4.12. The molecule has 33 heavy (non-hydrogen) atoms. The fourth-order valence-electron chi connectivity index (χ4n) is 3.95. The first-order chi connectivity index (χ1) is 15.8. The number of carbonyl (C=O) groups excluding carboxylic acids is 1. The van der Waals surface area contributed by atoms with Crippen molar-refractivity contribution in [1.82, 2.24) is 19.8 Å². The van der Waals surface area contributed by atoms with Crippen LogP contribution in [0.3, 0.4) is 0 Å². The number of anilines is 2. The molecular formula is C23H25ClFN5O3. The highest BCUT2D eigenvalue weighted by atomic mass is 35.5. The van der Waals surface area contributed by atoms with Crippen molar-refractivity contribution in [2.24, 2.45) is 0 Å². The molecule has 1 aliphatic rings. The second kappa shape index (κ2) is 9.36. The van der Waals surface area contributed by atoms with E-state index in [0.29, 0.717) is 41.2 Å². The highest BCUT2D eigenvalue weighted by molar-refractivity contribution is 6.31. The molecule has 2 aromatic carbocycles. The average molecular weight is 474 g/mol. The van der Waals surface area contributed by atoms with E-state index >= 15 is 0 Å². The van der Waals surface area contributed by atoms with Crippen molar-refractivity contribution < 1.29 is 18.7 Å². The number of amides is 1. The summed E-state index contributed by atoms with van der Waals surface area (Å²) in [6.45, 7) is 0.593. The summed E-state index contributed by atoms with van der Waals surface area (Å²) in [6, 6.07) is 7.96. The lowest BCUT2D eigenvalue weighted by Gasteiger charge is -2.21. The largest absolute Gasteiger partial charge is 0.493 e. The van der Waals surface area contributed by atoms with Crippen LogP contribution in [0.5, 0.6) is 11.5 Å². The van der Waals surface area contributed by atoms with Crippen molar-refractivity contribution >= 4 is 39.9 Å². The zero-order chi connectivity index (χ0) is 23.7. The Kier molecular flexibility index (Phi) is 6.53. The number of carbonyl (C=O) groups is 1. The smallest absolute Gasteiger partial charge is 0.239 e. The van der Waals surface area contributed by atoms with Gasteiger partial charge in [-0.1, -0.05) is 17.7 Å². The van der Waals surface area contributed by atoms with Crippen LogP contribution in [0.15, 0.2) is 36.7 Å². The topological polar surface area (TPSA) is 79.8 Å². The van der Waals surface area contributed by atoms with Gasteiger partial charge in [0.05, 0.1) is 29.4 Å². The molecule has 0 spiro atoms. The van der Waals surface area contributed by atoms with E-state index in [9.17, 15) is 9.18 Å². The molecule has 0 radical (unpaired) electrons. The first kappa shape index (κ1) is 23.0. The number of likely N-dealkylation sites (tertiary alicyclic amines) is 1. The van der Waals surface area contributed by atoms with E-state index in [-0.39, 0.29) is 28.8 Å². The molecule has 0 aliphatic carbocycles. The van der Waals surface area contributed by atoms with Crippen LogP contribution in [0, 0.1) is 5.82 Å². The molecule has 174 valence electrons. The van der Waals surface area contributed by atoms with E-state index in [2.05, 4.69) is 15.3 Å². The Balaban J connectivity index is 1.65. The van der Waals surface area contributed by atoms with Gasteiger partial charge < -0.3 is 19.7 Å². The van der Waals surface area contributed by atoms with E-state index in [4.69, 9.17) is 21.1 Å². The molecule has 1 saturated heterocycles. The number of nitrogens with zero attached hydrogens (tertiary/aromatic N) is 4. The molecule has 2 heterocycles. The van der Waals surface area contributed by atoms with Gasteiger partial charge >= 0.3 is 0 Å². The lowest BCUT2D eigenvalue weighted by atomic mass is 10.1. The normalized spacial score (nSPS) is 18.4. The van der Waals surface area contributed by atoms with Crippen LogP contribution in [0.25, 0.3) is 10.9 Å². The molecular weight excluding hydrogens is 449 g/mol. The second-order valence-electron chi connectivity index (χ2n) is 8.13. The Bertz CT molecular complexity index is 1190. The maximum atomic E-state index is 14.4. The Morgan fingerprint density at radius 3 is 2.79 bits per heavy atom. The van der Waals surface area contributed by atoms with E-state index in [1.807, 2.05) is 11.9 Å². The fraction of sp³-hybridized carbons (Fsp3) is 0.348. The number of rotatable bonds is 6. The third-order valence-electron chi connectivity index (χ3n) is 5.65. The molecule has 3 aromatic rings. The maximum absolute atomic E-state index is 14.4. The number of methoxy groups -OCH3 is 1. The molecule has 8 nitrogen and oxygen atoms in total. The highest BCUT2D eigenvalue weighted by Crippen LogP contribution is 2.37. The van der Waals surface area contributed by atoms with Crippen LogP contribution in [-0.4, -0.2) is 72.6 Å². The van der Waals surface area contributed by atoms with Gasteiger partial charge in [0.1, 0.15) is 18.2 Å². The van der Waals surface area contributed by atoms with Gasteiger partial charge in [-0.05, 0) is 25.2 Å². The van der Waals surface area contributed by atoms with Crippen molar-refractivity contribution in [1.29, 1.82) is 0 Å². The minimum Gasteiger partial charge on any atom is -0.493 e. The SMILES string of the molecule is COc1cc2ncnc(Nc3cccc(Cl)c3F)c2cc1OC1C[C@@H](C(=O)N(C)C)N(C)C1. The molecule has 4 rings (SSSR count). The van der Waals surface area contributed by atoms with Crippen LogP contribution >= 0.6 is 11.6 Å². The lowest BCUT2D eigenvalue weighted by Crippen LogP contribution is -2.40. The predicted octanol–water partition coefficient (Wildman–Crippen LogP) is 3.71. The van der Waals surface area contributed by atoms with E-state index < -0.39 is 5.82 Å². The summed E-state index contributed by atoms with van der Waals surface area (Å²) in [6.07, 6.45) is 1.73. The van der Waals surface area contributed by atoms with Gasteiger partial charge in [-0.25, -0.2) is 14.4 Å². The summed E-state index contributed by atoms with van der Waals surface area (Å²) in [4.78, 5) is 24.6. The Labute approximate surface area is 196 Å². The minimum absolute atomic E-state index is 0.0104. The molecule has 0 bridgehead atoms. The van der Waals surface area contributed by atoms with Crippen molar-refractivity contribution in [3.63, 3.8) is 0 Å². The van der Waals surface area contributed by atoms with Crippen LogP contribution in [0.1, 0.15) is 6.42 Å². The molecule has 1 fully saturated rings. The van der Waals surface area contributed by atoms with Gasteiger partial charge in [0.25, 0.3) is 0 Å². The third-order valence-corrected chi connectivity index (χ3v) is 5.95. The summed E-state index contributed by atoms with van der Waals surface area (Å²) < 4.78 is 26.2. The number of nitrogens with one attached hydrogen (secondary N) is 1. The molecule has 1 aliphatic heterocycles. The molecule has 1 unspecified atom stereocenters. The monoisotopic (exact) mass is 473 g/mol. The van der Waals surface area contributed by atoms with Crippen molar-refractivity contribution in [3.05, 3.63) is 47.5 Å². The summed E-state index contributed by atoms with van der Waals surface area (Å²) in [5, 5.41) is 3.63. The Hall–Kier alpha value is -3.17. The number of likely N-dealkylation sites (N-methyl/N-ethyl adjacent to an activating group) is 2. The van der Waals surface area contributed by atoms with Crippen molar-refractivity contribution in [2.75, 3.05) is 40.1 Å². The zero-order valence-corrected chi connectivity index (χ0v) is 19.6. The highest BCUT2D eigenvalue weighted by Gasteiger charge is 2.36. The standard InChI is InChI=1S/C23H25ClFN5O3/c1-29(2)23(31)18-8-13(11-30(18)3)33-20-9-14-17(10-19(20)32-4)26-12-27-22(14)28-16-7-5-6-15(24)21(16)25/h5-7,9-10,12-13,18H,8,11H2,1-4H3,(H,26,27,28)/t13?,18-/m0/s1. The zero-order valence-electron chi connectivity index (χ0n) is 18.8. The number of benzene rings is 2. The second-order valence-corrected chi connectivity index (χ2v) is 8.54. The van der Waals surface area contributed by atoms with Gasteiger partial charge in [-0.2, -0.15) is 0 Å². The van der Waals surface area contributed by atoms with Crippen LogP contribution in [0.2, 0.25) is 5.02 Å². The van der Waals surface area contributed by atoms with E-state index in [1.165, 1.54) is 12.4 Å². The number of aromatic nitrogens is 2. The van der Waals surface area contributed by atoms with E-state index in [1.54, 1.807) is 50.4 Å². The number of fused-ring (bicyclic) bond motifs is 1. The van der Waals surface area contributed by atoms with Gasteiger partial charge in [-0.3, -0.25) is 9.69 Å². The molecule has 2 atom stereocenters. The Morgan fingerprint density at radius 2 is 2.06 bits per heavy atom. The van der Waals surface area contributed by atoms with Crippen molar-refractivity contribution in [3.8, 4) is 11.5 Å². The molecule has 10 heteroatoms. The number of halogens is 2. The summed E-state index contributed by atoms with van der Waals surface area (Å²) in [5.41, 5.74) is 0.798. The minimum atomic E-state index is -0.568. The quantitative estimate of drug-likeness (QED) is 0.584. The number of ether oxygens (including phenoxy) is 2. The van der Waals surface area contributed by atoms with Crippen LogP contribution < -0.4 is 14.8 Å². The average Bonchev–Trinajstić information content (AvgIpc) is 3.16. The van der Waals surface area contributed by atoms with Gasteiger partial charge in [-0.15, -0.1) is 0 Å². The molecule has 1 aromatic heterocycles. The summed E-state index contributed by atoms with van der Waals surface area (Å²) in [7, 11) is 6.94. The first-order valence-electron chi connectivity index (χ1n) is 10.4. The maximum Gasteiger partial charge on any atom is 0.239 e. The first-order valence-corrected chi connectivity index (χ1v) is 10.8. The molecule has 1 amide bonds. The molecule has 1 N–H and O–H groups in total. The number of hydrogen-bond acceptors (Lipinski definition) is 7. The van der Waals surface area contributed by atoms with Crippen molar-refractivity contribution in [2.45, 2.75) is 18.6 Å². The lowest BCUT2D eigenvalue weighted by molar-refractivity contribution is -0.133. The predicted molar refractivity (Wildman–Crippen MR) is 125 cm³/mol. The Morgan fingerprint density at radius 1 is 1.27 bits per heavy atom. The van der Waals surface area contributed by atoms with Gasteiger partial charge in [0.15, 0.2) is 17.3 Å². The van der Waals surface area contributed by atoms with Crippen LogP contribution in [0.4, 0.5) is 15.9 Å².